The summed E-state index contributed by atoms with van der Waals surface area (Å²) in [5, 5.41) is 1.06. The maximum Gasteiger partial charge on any atom is -0.0175 e. The van der Waals surface area contributed by atoms with E-state index in [1.807, 2.05) is 0 Å². The van der Waals surface area contributed by atoms with Gasteiger partial charge in [-0.05, 0) is 22.4 Å². The molecule has 0 heterocycles. The van der Waals surface area contributed by atoms with Crippen molar-refractivity contribution in [1.82, 2.24) is 0 Å². The van der Waals surface area contributed by atoms with E-state index in [0.29, 0.717) is 10.3 Å². The van der Waals surface area contributed by atoms with E-state index in [1.165, 1.54) is 25.4 Å². The van der Waals surface area contributed by atoms with Crippen LogP contribution in [0.25, 0.3) is 0 Å². The zero-order valence-corrected chi connectivity index (χ0v) is 13.9. The zero-order chi connectivity index (χ0) is 11.0. The Hall–Kier alpha value is 0.910. The predicted molar refractivity (Wildman–Crippen MR) is 79.0 cm³/mol. The number of hydrogen-bond acceptors (Lipinski definition) is 0. The summed E-state index contributed by atoms with van der Waals surface area (Å²) >= 11 is 0. The molecule has 15 heavy (non-hydrogen) atoms. The number of rotatable bonds is 2. The van der Waals surface area contributed by atoms with Crippen molar-refractivity contribution in [2.45, 2.75) is 71.1 Å². The summed E-state index contributed by atoms with van der Waals surface area (Å²) in [6.07, 6.45) is 6.01. The Morgan fingerprint density at radius 1 is 0.933 bits per heavy atom. The molecule has 0 radical (unpaired) electrons. The molecule has 0 nitrogen and oxygen atoms in total. The Kier molecular flexibility index (Phi) is 5.83. The van der Waals surface area contributed by atoms with Crippen LogP contribution in [0.2, 0.25) is 0 Å². The second-order valence-corrected chi connectivity index (χ2v) is 10.7. The van der Waals surface area contributed by atoms with Crippen molar-refractivity contribution >= 4 is 24.9 Å². The predicted octanol–water partition coefficient (Wildman–Crippen LogP) is 5.44. The molecule has 0 aliphatic heterocycles. The summed E-state index contributed by atoms with van der Waals surface area (Å²) in [7, 11) is 0.163. The first kappa shape index (κ1) is 15.9. The van der Waals surface area contributed by atoms with E-state index >= 15 is 0 Å². The fourth-order valence-corrected chi connectivity index (χ4v) is 6.48. The van der Waals surface area contributed by atoms with Crippen molar-refractivity contribution in [2.75, 3.05) is 6.16 Å². The molecule has 1 aliphatic rings. The first-order valence-corrected chi connectivity index (χ1v) is 7.52. The van der Waals surface area contributed by atoms with Crippen LogP contribution in [0.1, 0.15) is 60.8 Å². The lowest BCUT2D eigenvalue weighted by Crippen LogP contribution is -2.30. The second-order valence-electron chi connectivity index (χ2n) is 6.75. The van der Waals surface area contributed by atoms with Gasteiger partial charge in [-0.3, -0.25) is 0 Å². The molecule has 92 valence electrons. The van der Waals surface area contributed by atoms with Gasteiger partial charge in [0.1, 0.15) is 0 Å². The van der Waals surface area contributed by atoms with E-state index in [9.17, 15) is 0 Å². The van der Waals surface area contributed by atoms with Gasteiger partial charge >= 0.3 is 0 Å². The highest BCUT2D eigenvalue weighted by Gasteiger charge is 2.36. The molecule has 0 spiro atoms. The van der Waals surface area contributed by atoms with Gasteiger partial charge in [0, 0.05) is 0 Å². The van der Waals surface area contributed by atoms with E-state index in [1.54, 1.807) is 0 Å². The van der Waals surface area contributed by atoms with Crippen molar-refractivity contribution < 1.29 is 0 Å². The minimum atomic E-state index is 0. The summed E-state index contributed by atoms with van der Waals surface area (Å²) in [5.41, 5.74) is 0. The minimum Gasteiger partial charge on any atom is -0.114 e. The van der Waals surface area contributed by atoms with Gasteiger partial charge in [0.2, 0.25) is 0 Å². The smallest absolute Gasteiger partial charge is 0.0175 e. The van der Waals surface area contributed by atoms with Gasteiger partial charge in [-0.25, -0.2) is 0 Å². The molecule has 0 aromatic carbocycles. The lowest BCUT2D eigenvalue weighted by Gasteiger charge is -2.45. The minimum absolute atomic E-state index is 0. The van der Waals surface area contributed by atoms with Crippen LogP contribution in [-0.4, -0.2) is 16.5 Å². The van der Waals surface area contributed by atoms with Crippen molar-refractivity contribution in [3.05, 3.63) is 0 Å². The Balaban J connectivity index is 0.00000196. The highest BCUT2D eigenvalue weighted by Crippen LogP contribution is 2.61. The van der Waals surface area contributed by atoms with Crippen LogP contribution < -0.4 is 0 Å². The first-order valence-electron chi connectivity index (χ1n) is 5.99. The number of halogens is 1. The lowest BCUT2D eigenvalue weighted by molar-refractivity contribution is 0.348. The molecule has 0 amide bonds. The molecule has 0 aromatic heterocycles. The third kappa shape index (κ3) is 4.73. The van der Waals surface area contributed by atoms with Gasteiger partial charge in [0.25, 0.3) is 0 Å². The van der Waals surface area contributed by atoms with Gasteiger partial charge in [-0.1, -0.05) is 68.7 Å². The average molecular weight is 295 g/mol. The quantitative estimate of drug-likeness (QED) is 0.595. The zero-order valence-electron chi connectivity index (χ0n) is 11.3. The Morgan fingerprint density at radius 2 is 1.33 bits per heavy atom. The van der Waals surface area contributed by atoms with Gasteiger partial charge in [-0.2, -0.15) is 0 Å². The van der Waals surface area contributed by atoms with Crippen LogP contribution in [-0.2, 0) is 0 Å². The van der Waals surface area contributed by atoms with E-state index in [4.69, 9.17) is 0 Å². The third-order valence-electron chi connectivity index (χ3n) is 3.29. The molecular formula is C13H28BrP. The molecule has 1 fully saturated rings. The number of hydrogen-bond donors (Lipinski definition) is 0. The summed E-state index contributed by atoms with van der Waals surface area (Å²) in [4.78, 5) is 0. The van der Waals surface area contributed by atoms with Crippen LogP contribution in [0.15, 0.2) is 0 Å². The summed E-state index contributed by atoms with van der Waals surface area (Å²) in [5.74, 6) is 1.07. The molecule has 0 aromatic rings. The molecule has 0 N–H and O–H groups in total. The topological polar surface area (TPSA) is 0 Å². The molecule has 1 aliphatic carbocycles. The van der Waals surface area contributed by atoms with Crippen molar-refractivity contribution in [1.29, 1.82) is 0 Å². The first-order chi connectivity index (χ1) is 6.21. The van der Waals surface area contributed by atoms with Gasteiger partial charge in [0.05, 0.1) is 0 Å². The molecule has 1 rings (SSSR count). The van der Waals surface area contributed by atoms with Crippen LogP contribution >= 0.6 is 24.9 Å². The molecule has 0 unspecified atom stereocenters. The second kappa shape index (κ2) is 5.50. The molecular weight excluding hydrogens is 267 g/mol. The Morgan fingerprint density at radius 3 is 1.53 bits per heavy atom. The molecule has 2 heteroatoms. The summed E-state index contributed by atoms with van der Waals surface area (Å²) in [6, 6.07) is 0. The van der Waals surface area contributed by atoms with E-state index < -0.39 is 0 Å². The van der Waals surface area contributed by atoms with Crippen molar-refractivity contribution in [3.63, 3.8) is 0 Å². The average Bonchev–Trinajstić information content (AvgIpc) is 1.76. The van der Waals surface area contributed by atoms with E-state index in [2.05, 4.69) is 41.5 Å². The van der Waals surface area contributed by atoms with Crippen molar-refractivity contribution in [3.8, 4) is 0 Å². The van der Waals surface area contributed by atoms with Crippen LogP contribution in [0.4, 0.5) is 0 Å². The largest absolute Gasteiger partial charge is 0.114 e. The lowest BCUT2D eigenvalue weighted by atomic mass is 9.87. The maximum atomic E-state index is 2.43. The van der Waals surface area contributed by atoms with E-state index in [0.717, 1.165) is 5.92 Å². The van der Waals surface area contributed by atoms with Crippen molar-refractivity contribution in [2.24, 2.45) is 5.92 Å². The van der Waals surface area contributed by atoms with Crippen LogP contribution in [0, 0.1) is 5.92 Å². The molecule has 0 bridgehead atoms. The summed E-state index contributed by atoms with van der Waals surface area (Å²) in [6.45, 7) is 14.6. The van der Waals surface area contributed by atoms with Gasteiger partial charge < -0.3 is 0 Å². The Labute approximate surface area is 108 Å². The summed E-state index contributed by atoms with van der Waals surface area (Å²) < 4.78 is 0. The van der Waals surface area contributed by atoms with E-state index in [-0.39, 0.29) is 24.9 Å². The normalized spacial score (nSPS) is 18.6. The Bertz CT molecular complexity index is 170. The molecule has 1 saturated carbocycles. The molecule has 0 saturated heterocycles. The maximum absolute atomic E-state index is 2.43. The molecule has 0 atom stereocenters. The van der Waals surface area contributed by atoms with Crippen LogP contribution in [0.3, 0.4) is 0 Å². The fourth-order valence-electron chi connectivity index (χ4n) is 2.49. The van der Waals surface area contributed by atoms with Crippen LogP contribution in [0.5, 0.6) is 0 Å². The monoisotopic (exact) mass is 294 g/mol. The van der Waals surface area contributed by atoms with Gasteiger partial charge in [-0.15, -0.1) is 17.0 Å². The highest BCUT2D eigenvalue weighted by atomic mass is 79.9. The fraction of sp³-hybridized carbons (Fsp3) is 1.00. The third-order valence-corrected chi connectivity index (χ3v) is 7.41. The highest BCUT2D eigenvalue weighted by molar-refractivity contribution is 8.93. The standard InChI is InChI=1S/C13H27P.BrH/c1-12(2,3)14(13(4,5)6)10-11-8-7-9-11;/h11H,7-10H2,1-6H3;1H. The SMILES string of the molecule is Br.CC(C)(C)P(CC1CCC1)C(C)(C)C. The van der Waals surface area contributed by atoms with Gasteiger partial charge in [0.15, 0.2) is 0 Å².